The van der Waals surface area contributed by atoms with Crippen molar-refractivity contribution in [2.24, 2.45) is 0 Å². The number of nitrogens with one attached hydrogen (secondary N) is 1. The zero-order valence-corrected chi connectivity index (χ0v) is 13.5. The van der Waals surface area contributed by atoms with Crippen molar-refractivity contribution in [3.8, 4) is 0 Å². The van der Waals surface area contributed by atoms with Gasteiger partial charge in [0, 0.05) is 18.4 Å². The van der Waals surface area contributed by atoms with Crippen LogP contribution in [0.15, 0.2) is 36.5 Å². The molecule has 1 saturated carbocycles. The molecule has 3 heteroatoms. The summed E-state index contributed by atoms with van der Waals surface area (Å²) < 4.78 is 0. The first-order chi connectivity index (χ1) is 10.8. The summed E-state index contributed by atoms with van der Waals surface area (Å²) in [6.07, 6.45) is 11.7. The van der Waals surface area contributed by atoms with Crippen molar-refractivity contribution in [3.05, 3.63) is 42.1 Å². The van der Waals surface area contributed by atoms with Crippen LogP contribution in [-0.2, 0) is 11.2 Å². The van der Waals surface area contributed by atoms with Gasteiger partial charge in [0.15, 0.2) is 0 Å². The Morgan fingerprint density at radius 1 is 1.23 bits per heavy atom. The fraction of sp³-hybridized carbons (Fsp3) is 0.526. The number of carbonyl (C=O) groups excluding carboxylic acids is 1. The van der Waals surface area contributed by atoms with Crippen LogP contribution in [0.2, 0.25) is 0 Å². The van der Waals surface area contributed by atoms with Crippen LogP contribution in [0, 0.1) is 0 Å². The third-order valence-corrected chi connectivity index (χ3v) is 4.94. The Hall–Kier alpha value is -1.77. The fourth-order valence-corrected chi connectivity index (χ4v) is 3.77. The molecule has 0 unspecified atom stereocenters. The van der Waals surface area contributed by atoms with E-state index in [1.165, 1.54) is 17.7 Å². The summed E-state index contributed by atoms with van der Waals surface area (Å²) in [5.74, 6) is 0.204. The number of amides is 1. The van der Waals surface area contributed by atoms with E-state index >= 15 is 0 Å². The molecule has 0 bridgehead atoms. The van der Waals surface area contributed by atoms with Gasteiger partial charge in [0.05, 0.1) is 0 Å². The SMILES string of the molecule is CCCNC(=O)C1(N2C=CCc3ccccc32)CCCCC1. The van der Waals surface area contributed by atoms with Gasteiger partial charge in [-0.25, -0.2) is 0 Å². The summed E-state index contributed by atoms with van der Waals surface area (Å²) in [4.78, 5) is 15.3. The molecule has 1 aromatic carbocycles. The number of carbonyl (C=O) groups is 1. The number of hydrogen-bond acceptors (Lipinski definition) is 2. The minimum Gasteiger partial charge on any atom is -0.354 e. The van der Waals surface area contributed by atoms with Gasteiger partial charge in [0.2, 0.25) is 5.91 Å². The lowest BCUT2D eigenvalue weighted by atomic mass is 9.78. The minimum absolute atomic E-state index is 0.204. The Bertz CT molecular complexity index is 558. The molecule has 118 valence electrons. The number of fused-ring (bicyclic) bond motifs is 1. The summed E-state index contributed by atoms with van der Waals surface area (Å²) in [7, 11) is 0. The zero-order valence-electron chi connectivity index (χ0n) is 13.5. The molecule has 1 N–H and O–H groups in total. The monoisotopic (exact) mass is 298 g/mol. The van der Waals surface area contributed by atoms with E-state index in [-0.39, 0.29) is 5.91 Å². The van der Waals surface area contributed by atoms with E-state index in [4.69, 9.17) is 0 Å². The highest BCUT2D eigenvalue weighted by Gasteiger charge is 2.45. The lowest BCUT2D eigenvalue weighted by molar-refractivity contribution is -0.127. The number of allylic oxidation sites excluding steroid dienone is 1. The van der Waals surface area contributed by atoms with Crippen molar-refractivity contribution >= 4 is 11.6 Å². The van der Waals surface area contributed by atoms with Gasteiger partial charge < -0.3 is 10.2 Å². The lowest BCUT2D eigenvalue weighted by Crippen LogP contribution is -2.59. The van der Waals surface area contributed by atoms with Crippen LogP contribution < -0.4 is 10.2 Å². The number of benzene rings is 1. The third-order valence-electron chi connectivity index (χ3n) is 4.94. The maximum Gasteiger partial charge on any atom is 0.246 e. The van der Waals surface area contributed by atoms with Crippen molar-refractivity contribution in [2.75, 3.05) is 11.4 Å². The van der Waals surface area contributed by atoms with Crippen molar-refractivity contribution in [2.45, 2.75) is 57.4 Å². The second-order valence-corrected chi connectivity index (χ2v) is 6.44. The second-order valence-electron chi connectivity index (χ2n) is 6.44. The van der Waals surface area contributed by atoms with Gasteiger partial charge >= 0.3 is 0 Å². The standard InChI is InChI=1S/C19H26N2O/c1-2-14-20-18(22)19(12-6-3-7-13-19)21-15-8-10-16-9-4-5-11-17(16)21/h4-5,8-9,11,15H,2-3,6-7,10,12-14H2,1H3,(H,20,22). The van der Waals surface area contributed by atoms with Crippen molar-refractivity contribution in [3.63, 3.8) is 0 Å². The van der Waals surface area contributed by atoms with Gasteiger partial charge in [-0.3, -0.25) is 4.79 Å². The molecule has 0 spiro atoms. The predicted molar refractivity (Wildman–Crippen MR) is 90.9 cm³/mol. The van der Waals surface area contributed by atoms with Crippen molar-refractivity contribution in [1.29, 1.82) is 0 Å². The Morgan fingerprint density at radius 3 is 2.77 bits per heavy atom. The quantitative estimate of drug-likeness (QED) is 0.917. The van der Waals surface area contributed by atoms with E-state index in [1.54, 1.807) is 0 Å². The Kier molecular flexibility index (Phi) is 4.51. The minimum atomic E-state index is -0.402. The van der Waals surface area contributed by atoms with Crippen molar-refractivity contribution < 1.29 is 4.79 Å². The molecule has 2 aliphatic rings. The Balaban J connectivity index is 1.97. The summed E-state index contributed by atoms with van der Waals surface area (Å²) >= 11 is 0. The van der Waals surface area contributed by atoms with Crippen molar-refractivity contribution in [1.82, 2.24) is 5.32 Å². The number of nitrogens with zero attached hydrogens (tertiary/aromatic N) is 1. The van der Waals surface area contributed by atoms with Gasteiger partial charge in [-0.2, -0.15) is 0 Å². The normalized spacial score (nSPS) is 19.6. The van der Waals surface area contributed by atoms with E-state index in [9.17, 15) is 4.79 Å². The zero-order chi connectivity index (χ0) is 15.4. The van der Waals surface area contributed by atoms with Crippen LogP contribution in [0.4, 0.5) is 5.69 Å². The molecular weight excluding hydrogens is 272 g/mol. The van der Waals surface area contributed by atoms with Crippen LogP contribution in [0.25, 0.3) is 0 Å². The molecule has 1 amide bonds. The molecule has 0 saturated heterocycles. The van der Waals surface area contributed by atoms with Crippen LogP contribution in [-0.4, -0.2) is 18.0 Å². The molecule has 0 atom stereocenters. The van der Waals surface area contributed by atoms with E-state index in [0.717, 1.165) is 45.1 Å². The third kappa shape index (κ3) is 2.65. The average molecular weight is 298 g/mol. The molecular formula is C19H26N2O. The molecule has 0 radical (unpaired) electrons. The first-order valence-corrected chi connectivity index (χ1v) is 8.60. The molecule has 1 aliphatic carbocycles. The largest absolute Gasteiger partial charge is 0.354 e. The summed E-state index contributed by atoms with van der Waals surface area (Å²) in [6.45, 7) is 2.86. The second kappa shape index (κ2) is 6.55. The van der Waals surface area contributed by atoms with E-state index in [1.807, 2.05) is 0 Å². The molecule has 0 aromatic heterocycles. The highest BCUT2D eigenvalue weighted by atomic mass is 16.2. The van der Waals surface area contributed by atoms with E-state index in [0.29, 0.717) is 0 Å². The highest BCUT2D eigenvalue weighted by Crippen LogP contribution is 2.40. The van der Waals surface area contributed by atoms with Gasteiger partial charge in [0.1, 0.15) is 5.54 Å². The Morgan fingerprint density at radius 2 is 2.00 bits per heavy atom. The summed E-state index contributed by atoms with van der Waals surface area (Å²) in [5, 5.41) is 3.16. The molecule has 3 nitrogen and oxygen atoms in total. The predicted octanol–water partition coefficient (Wildman–Crippen LogP) is 3.79. The number of para-hydroxylation sites is 1. The van der Waals surface area contributed by atoms with E-state index in [2.05, 4.69) is 53.7 Å². The molecule has 1 heterocycles. The lowest BCUT2D eigenvalue weighted by Gasteiger charge is -2.46. The number of anilines is 1. The van der Waals surface area contributed by atoms with Crippen LogP contribution >= 0.6 is 0 Å². The molecule has 1 fully saturated rings. The number of hydrogen-bond donors (Lipinski definition) is 1. The van der Waals surface area contributed by atoms with E-state index < -0.39 is 5.54 Å². The Labute approximate surface area is 133 Å². The summed E-state index contributed by atoms with van der Waals surface area (Å²) in [5.41, 5.74) is 2.12. The highest BCUT2D eigenvalue weighted by molar-refractivity contribution is 5.91. The molecule has 3 rings (SSSR count). The maximum absolute atomic E-state index is 13.0. The smallest absolute Gasteiger partial charge is 0.246 e. The van der Waals surface area contributed by atoms with Gasteiger partial charge in [-0.15, -0.1) is 0 Å². The van der Waals surface area contributed by atoms with Crippen LogP contribution in [0.1, 0.15) is 51.0 Å². The molecule has 1 aromatic rings. The van der Waals surface area contributed by atoms with Gasteiger partial charge in [-0.05, 0) is 37.3 Å². The first kappa shape index (κ1) is 15.1. The topological polar surface area (TPSA) is 32.3 Å². The molecule has 1 aliphatic heterocycles. The number of rotatable bonds is 4. The van der Waals surface area contributed by atoms with Gasteiger partial charge in [0.25, 0.3) is 0 Å². The summed E-state index contributed by atoms with van der Waals surface area (Å²) in [6, 6.07) is 8.49. The van der Waals surface area contributed by atoms with Crippen LogP contribution in [0.5, 0.6) is 0 Å². The van der Waals surface area contributed by atoms with Gasteiger partial charge in [-0.1, -0.05) is 50.5 Å². The fourth-order valence-electron chi connectivity index (χ4n) is 3.77. The maximum atomic E-state index is 13.0. The average Bonchev–Trinajstić information content (AvgIpc) is 2.59. The first-order valence-electron chi connectivity index (χ1n) is 8.60. The van der Waals surface area contributed by atoms with Crippen LogP contribution in [0.3, 0.4) is 0 Å². The molecule has 22 heavy (non-hydrogen) atoms.